The summed E-state index contributed by atoms with van der Waals surface area (Å²) in [6.45, 7) is -0.156. The Kier molecular flexibility index (Phi) is 15.7. The maximum Gasteiger partial charge on any atom is 0.356 e. The summed E-state index contributed by atoms with van der Waals surface area (Å²) in [6, 6.07) is 13.0. The first kappa shape index (κ1) is 51.3. The number of fused-ring (bicyclic) bond motifs is 1. The number of carboxylic acids is 1. The highest BCUT2D eigenvalue weighted by Gasteiger charge is 2.27. The van der Waals surface area contributed by atoms with Gasteiger partial charge in [0.15, 0.2) is 17.1 Å². The van der Waals surface area contributed by atoms with Crippen LogP contribution >= 0.6 is 12.0 Å². The molecule has 0 bridgehead atoms. The average molecular weight is 1040 g/mol. The molecule has 6 rings (SSSR count). The van der Waals surface area contributed by atoms with Crippen molar-refractivity contribution in [3.05, 3.63) is 94.4 Å². The van der Waals surface area contributed by atoms with Gasteiger partial charge in [-0.3, -0.25) is 23.6 Å². The summed E-state index contributed by atoms with van der Waals surface area (Å²) in [5.74, 6) is -2.99. The molecule has 1 heterocycles. The second-order valence-corrected chi connectivity index (χ2v) is 18.4. The molecule has 0 aliphatic rings. The van der Waals surface area contributed by atoms with Gasteiger partial charge in [-0.15, -0.1) is 35.0 Å². The first-order chi connectivity index (χ1) is 32.6. The third-order valence-electron chi connectivity index (χ3n) is 8.96. The van der Waals surface area contributed by atoms with E-state index in [0.29, 0.717) is 10.2 Å². The largest absolute Gasteiger partial charge is 0.505 e. The van der Waals surface area contributed by atoms with E-state index in [1.165, 1.54) is 18.2 Å². The van der Waals surface area contributed by atoms with Gasteiger partial charge in [0.05, 0.1) is 40.7 Å². The zero-order valence-electron chi connectivity index (χ0n) is 34.5. The third-order valence-corrected chi connectivity index (χ3v) is 12.3. The molecule has 5 aromatic carbocycles. The first-order valence-electron chi connectivity index (χ1n) is 18.7. The lowest BCUT2D eigenvalue weighted by Crippen LogP contribution is -2.14. The molecule has 0 aliphatic carbocycles. The SMILES string of the molecule is Cc1ccc(N=Nc2cc(OCCO)c(N=Nc3c(SOOO)cc4c(S(=O)(=O)O)c(N=Nc5c(C(=O)O)[nH]n(-c6ccc(S(=O)(=O)O)cc6)c5=O)ccc4c3O)cc2OCCO)c(S(=O)(=O)O)c1. The minimum Gasteiger partial charge on any atom is -0.505 e. The van der Waals surface area contributed by atoms with E-state index in [-0.39, 0.29) is 64.9 Å². The zero-order chi connectivity index (χ0) is 50.4. The summed E-state index contributed by atoms with van der Waals surface area (Å²) in [5.41, 5.74) is -4.57. The van der Waals surface area contributed by atoms with Crippen molar-refractivity contribution in [1.29, 1.82) is 0 Å². The minimum atomic E-state index is -5.40. The number of aliphatic hydroxyl groups excluding tert-OH is 2. The van der Waals surface area contributed by atoms with Crippen LogP contribution in [0.2, 0.25) is 0 Å². The molecule has 1 aromatic heterocycles. The molecule has 0 saturated heterocycles. The van der Waals surface area contributed by atoms with Crippen molar-refractivity contribution in [2.45, 2.75) is 26.5 Å². The molecule has 28 nitrogen and oxygen atoms in total. The number of azo groups is 3. The molecule has 32 heteroatoms. The topological polar surface area (TPSA) is 430 Å². The molecule has 364 valence electrons. The summed E-state index contributed by atoms with van der Waals surface area (Å²) in [4.78, 5) is 22.9. The van der Waals surface area contributed by atoms with Gasteiger partial charge in [0.25, 0.3) is 35.9 Å². The Morgan fingerprint density at radius 2 is 1.26 bits per heavy atom. The second-order valence-electron chi connectivity index (χ2n) is 13.5. The number of aromatic amines is 1. The molecule has 0 saturated carbocycles. The summed E-state index contributed by atoms with van der Waals surface area (Å²) in [5, 5.41) is 78.0. The number of aromatic hydroxyl groups is 1. The van der Waals surface area contributed by atoms with E-state index in [1.54, 1.807) is 6.92 Å². The van der Waals surface area contributed by atoms with Gasteiger partial charge in [0.2, 0.25) is 0 Å². The maximum absolute atomic E-state index is 13.4. The van der Waals surface area contributed by atoms with Crippen molar-refractivity contribution in [2.24, 2.45) is 30.7 Å². The van der Waals surface area contributed by atoms with Gasteiger partial charge >= 0.3 is 5.97 Å². The van der Waals surface area contributed by atoms with Crippen LogP contribution in [-0.4, -0.2) is 107 Å². The van der Waals surface area contributed by atoms with E-state index in [2.05, 4.69) is 45.2 Å². The van der Waals surface area contributed by atoms with Crippen LogP contribution in [0.15, 0.2) is 128 Å². The third kappa shape index (κ3) is 11.8. The highest BCUT2D eigenvalue weighted by molar-refractivity contribution is 7.94. The highest BCUT2D eigenvalue weighted by Crippen LogP contribution is 2.48. The number of aromatic nitrogens is 2. The van der Waals surface area contributed by atoms with E-state index >= 15 is 0 Å². The fraction of sp³-hybridized carbons (Fsp3) is 0.135. The quantitative estimate of drug-likeness (QED) is 0.0135. The molecule has 6 aromatic rings. The van der Waals surface area contributed by atoms with Crippen LogP contribution in [0.3, 0.4) is 0 Å². The van der Waals surface area contributed by atoms with Crippen LogP contribution in [0.25, 0.3) is 16.5 Å². The molecule has 69 heavy (non-hydrogen) atoms. The number of benzene rings is 5. The Balaban J connectivity index is 1.47. The van der Waals surface area contributed by atoms with Crippen molar-refractivity contribution < 1.29 is 88.2 Å². The smallest absolute Gasteiger partial charge is 0.356 e. The monoisotopic (exact) mass is 1040 g/mol. The summed E-state index contributed by atoms with van der Waals surface area (Å²) >= 11 is 0.117. The number of hydrogen-bond acceptors (Lipinski definition) is 23. The van der Waals surface area contributed by atoms with Gasteiger partial charge in [-0.1, -0.05) is 11.1 Å². The van der Waals surface area contributed by atoms with E-state index in [1.807, 2.05) is 0 Å². The Morgan fingerprint density at radius 3 is 1.81 bits per heavy atom. The van der Waals surface area contributed by atoms with E-state index in [0.717, 1.165) is 54.6 Å². The molecule has 0 amide bonds. The zero-order valence-corrected chi connectivity index (χ0v) is 37.8. The maximum atomic E-state index is 13.4. The van der Waals surface area contributed by atoms with Crippen molar-refractivity contribution >= 4 is 93.3 Å². The van der Waals surface area contributed by atoms with Gasteiger partial charge in [0.1, 0.15) is 62.9 Å². The van der Waals surface area contributed by atoms with Crippen molar-refractivity contribution in [2.75, 3.05) is 26.4 Å². The standard InChI is InChI=1S/C37H32N8O20S4/c1-18-2-8-23(30(14-18)68(56,57)58)38-40-25-16-28(63-13-11-47)26(17-27(25)62-12-10-46)41-42-31-29(66-65-64-52)15-22-21(34(31)48)7-9-24(35(22)69(59,60)61)39-43-32-33(37(50)51)44-45(36(32)49)19-3-5-20(6-4-19)67(53,54)55/h2-9,14-17,44,46-48,52H,10-13H2,1H3,(H,50,51)(H,53,54,55)(H,56,57,58)(H,59,60,61). The predicted molar refractivity (Wildman–Crippen MR) is 234 cm³/mol. The highest BCUT2D eigenvalue weighted by atomic mass is 32.2. The fourth-order valence-electron chi connectivity index (χ4n) is 6.03. The van der Waals surface area contributed by atoms with Gasteiger partial charge < -0.3 is 29.9 Å². The lowest BCUT2D eigenvalue weighted by Gasteiger charge is -2.14. The summed E-state index contributed by atoms with van der Waals surface area (Å²) < 4.78 is 119. The Hall–Kier alpha value is -7.08. The van der Waals surface area contributed by atoms with E-state index in [4.69, 9.17) is 14.7 Å². The lowest BCUT2D eigenvalue weighted by molar-refractivity contribution is -0.432. The van der Waals surface area contributed by atoms with E-state index in [9.17, 15) is 68.9 Å². The number of carboxylic acid groups (broad SMARTS) is 1. The Labute approximate surface area is 390 Å². The number of aromatic carboxylic acids is 1. The number of rotatable bonds is 20. The van der Waals surface area contributed by atoms with Crippen LogP contribution < -0.4 is 15.0 Å². The van der Waals surface area contributed by atoms with Crippen LogP contribution in [0, 0.1) is 6.92 Å². The fourth-order valence-corrected chi connectivity index (χ4v) is 8.52. The molecular weight excluding hydrogens is 1000 g/mol. The number of hydrogen-bond donors (Lipinski definition) is 9. The van der Waals surface area contributed by atoms with Crippen LogP contribution in [-0.2, 0) is 39.7 Å². The second kappa shape index (κ2) is 21.1. The first-order valence-corrected chi connectivity index (χ1v) is 23.7. The molecule has 0 radical (unpaired) electrons. The number of aryl methyl sites for hydroxylation is 1. The molecule has 0 atom stereocenters. The average Bonchev–Trinajstić information content (AvgIpc) is 3.62. The number of carbonyl (C=O) groups is 1. The number of aliphatic hydroxyl groups is 2. The molecular formula is C37H32N8O20S4. The molecule has 0 aliphatic heterocycles. The van der Waals surface area contributed by atoms with Gasteiger partial charge in [-0.05, 0) is 67.1 Å². The van der Waals surface area contributed by atoms with E-state index < -0.39 is 109 Å². The minimum absolute atomic E-state index is 0.117. The van der Waals surface area contributed by atoms with Crippen LogP contribution in [0.1, 0.15) is 16.1 Å². The normalized spacial score (nSPS) is 12.5. The van der Waals surface area contributed by atoms with Crippen LogP contribution in [0.5, 0.6) is 17.2 Å². The number of phenolic OH excluding ortho intramolecular Hbond substituents is 1. The number of H-pyrrole nitrogens is 1. The van der Waals surface area contributed by atoms with Crippen molar-refractivity contribution in [1.82, 2.24) is 9.78 Å². The Morgan fingerprint density at radius 1 is 0.696 bits per heavy atom. The van der Waals surface area contributed by atoms with Crippen molar-refractivity contribution in [3.63, 3.8) is 0 Å². The predicted octanol–water partition coefficient (Wildman–Crippen LogP) is 6.19. The summed E-state index contributed by atoms with van der Waals surface area (Å²) in [6.07, 6.45) is 0. The lowest BCUT2D eigenvalue weighted by atomic mass is 10.1. The van der Waals surface area contributed by atoms with Gasteiger partial charge in [-0.25, -0.2) is 14.7 Å². The molecule has 0 spiro atoms. The number of phenols is 1. The van der Waals surface area contributed by atoms with Crippen LogP contribution in [0.4, 0.5) is 34.1 Å². The van der Waals surface area contributed by atoms with Gasteiger partial charge in [0, 0.05) is 22.9 Å². The Bertz CT molecular complexity index is 3470. The number of ether oxygens (including phenoxy) is 2. The molecule has 0 unspecified atom stereocenters. The number of nitrogens with zero attached hydrogens (tertiary/aromatic N) is 7. The molecule has 0 fully saturated rings. The van der Waals surface area contributed by atoms with Gasteiger partial charge in [-0.2, -0.15) is 25.3 Å². The summed E-state index contributed by atoms with van der Waals surface area (Å²) in [7, 11) is -14.8. The molecule has 9 N–H and O–H groups in total. The van der Waals surface area contributed by atoms with Crippen molar-refractivity contribution in [3.8, 4) is 22.9 Å². The number of nitrogens with one attached hydrogen (secondary N) is 1.